The highest BCUT2D eigenvalue weighted by Gasteiger charge is 2.22. The smallest absolute Gasteiger partial charge is 0.229 e. The van der Waals surface area contributed by atoms with Gasteiger partial charge in [-0.3, -0.25) is 14.7 Å². The van der Waals surface area contributed by atoms with Crippen LogP contribution >= 0.6 is 38.9 Å². The van der Waals surface area contributed by atoms with Gasteiger partial charge in [-0.15, -0.1) is 0 Å². The number of carbonyl (C=O) groups excluding carboxylic acids is 1. The lowest BCUT2D eigenvalue weighted by atomic mass is 10.2. The van der Waals surface area contributed by atoms with Crippen LogP contribution in [0.5, 0.6) is 0 Å². The number of hydrogen-bond donors (Lipinski definition) is 0. The molecule has 0 saturated heterocycles. The Balaban J connectivity index is 1.52. The van der Waals surface area contributed by atoms with E-state index in [0.29, 0.717) is 10.2 Å². The summed E-state index contributed by atoms with van der Waals surface area (Å²) in [6, 6.07) is 17.3. The molecule has 0 aliphatic rings. The van der Waals surface area contributed by atoms with Gasteiger partial charge in [0, 0.05) is 22.1 Å². The first kappa shape index (κ1) is 23.8. The van der Waals surface area contributed by atoms with Gasteiger partial charge in [0.15, 0.2) is 15.0 Å². The molecule has 0 saturated carbocycles. The van der Waals surface area contributed by atoms with Crippen LogP contribution in [0.4, 0.5) is 5.13 Å². The van der Waals surface area contributed by atoms with Gasteiger partial charge in [0.25, 0.3) is 0 Å². The number of halogens is 2. The summed E-state index contributed by atoms with van der Waals surface area (Å²) in [4.78, 5) is 23.9. The van der Waals surface area contributed by atoms with Gasteiger partial charge in [-0.05, 0) is 61.0 Å². The van der Waals surface area contributed by atoms with Gasteiger partial charge in [0.2, 0.25) is 5.91 Å². The summed E-state index contributed by atoms with van der Waals surface area (Å²) >= 11 is 10.7. The van der Waals surface area contributed by atoms with Crippen molar-refractivity contribution >= 4 is 70.0 Å². The van der Waals surface area contributed by atoms with Gasteiger partial charge < -0.3 is 0 Å². The number of nitrogens with zero attached hydrogens (tertiary/aromatic N) is 3. The minimum absolute atomic E-state index is 0.0687. The second-order valence-electron chi connectivity index (χ2n) is 7.29. The third-order valence-electron chi connectivity index (χ3n) is 4.89. The molecule has 1 amide bonds. The quantitative estimate of drug-likeness (QED) is 0.266. The molecule has 6 nitrogen and oxygen atoms in total. The molecule has 0 aliphatic carbocycles. The van der Waals surface area contributed by atoms with E-state index in [1.54, 1.807) is 23.2 Å². The second-order valence-corrected chi connectivity index (χ2v) is 11.8. The molecular weight excluding hydrogens is 546 g/mol. The van der Waals surface area contributed by atoms with Crippen LogP contribution < -0.4 is 4.90 Å². The number of pyridine rings is 1. The van der Waals surface area contributed by atoms with E-state index in [-0.39, 0.29) is 35.9 Å². The lowest BCUT2D eigenvalue weighted by molar-refractivity contribution is -0.118. The molecule has 0 N–H and O–H groups in total. The van der Waals surface area contributed by atoms with Crippen molar-refractivity contribution in [2.24, 2.45) is 0 Å². The molecule has 4 aromatic rings. The van der Waals surface area contributed by atoms with E-state index in [2.05, 4.69) is 25.9 Å². The number of aromatic nitrogens is 2. The van der Waals surface area contributed by atoms with Crippen molar-refractivity contribution in [3.63, 3.8) is 0 Å². The Morgan fingerprint density at radius 2 is 1.88 bits per heavy atom. The number of amides is 1. The molecule has 0 fully saturated rings. The Bertz CT molecular complexity index is 1380. The lowest BCUT2D eigenvalue weighted by Crippen LogP contribution is -2.30. The molecule has 2 heterocycles. The zero-order chi connectivity index (χ0) is 23.4. The van der Waals surface area contributed by atoms with Crippen LogP contribution in [0.1, 0.15) is 18.5 Å². The highest BCUT2D eigenvalue weighted by molar-refractivity contribution is 9.10. The summed E-state index contributed by atoms with van der Waals surface area (Å²) in [5, 5.41) is 1.02. The monoisotopic (exact) mass is 563 g/mol. The zero-order valence-corrected chi connectivity index (χ0v) is 21.3. The van der Waals surface area contributed by atoms with Crippen molar-refractivity contribution in [2.45, 2.75) is 24.3 Å². The van der Waals surface area contributed by atoms with E-state index >= 15 is 0 Å². The van der Waals surface area contributed by atoms with Crippen LogP contribution in [-0.4, -0.2) is 30.0 Å². The van der Waals surface area contributed by atoms with Crippen LogP contribution in [0.25, 0.3) is 10.2 Å². The summed E-state index contributed by atoms with van der Waals surface area (Å²) in [6.07, 6.45) is 1.93. The molecular formula is C23H19BrClN3O3S2. The minimum atomic E-state index is -3.51. The Kier molecular flexibility index (Phi) is 7.43. The van der Waals surface area contributed by atoms with E-state index in [1.165, 1.54) is 23.5 Å². The molecule has 0 spiro atoms. The first-order chi connectivity index (χ1) is 15.8. The minimum Gasteiger partial charge on any atom is -0.282 e. The SMILES string of the molecule is O=C(CCCS(=O)(=O)c1ccc(Cl)cc1)N(Cc1ccccn1)c1nc2ccc(Br)cc2s1. The topological polar surface area (TPSA) is 80.2 Å². The fourth-order valence-corrected chi connectivity index (χ4v) is 6.20. The molecule has 0 aliphatic heterocycles. The maximum atomic E-state index is 13.2. The molecule has 2 aromatic heterocycles. The van der Waals surface area contributed by atoms with Crippen molar-refractivity contribution in [1.82, 2.24) is 9.97 Å². The first-order valence-corrected chi connectivity index (χ1v) is 13.7. The number of fused-ring (bicyclic) bond motifs is 1. The Morgan fingerprint density at radius 1 is 1.09 bits per heavy atom. The van der Waals surface area contributed by atoms with Crippen LogP contribution in [-0.2, 0) is 21.2 Å². The first-order valence-electron chi connectivity index (χ1n) is 10.1. The van der Waals surface area contributed by atoms with Crippen molar-refractivity contribution < 1.29 is 13.2 Å². The van der Waals surface area contributed by atoms with E-state index < -0.39 is 9.84 Å². The van der Waals surface area contributed by atoms with Crippen molar-refractivity contribution in [2.75, 3.05) is 10.7 Å². The predicted octanol–water partition coefficient (Wildman–Crippen LogP) is 5.89. The summed E-state index contributed by atoms with van der Waals surface area (Å²) in [6.45, 7) is 0.255. The zero-order valence-electron chi connectivity index (χ0n) is 17.3. The molecule has 0 bridgehead atoms. The maximum Gasteiger partial charge on any atom is 0.229 e. The third kappa shape index (κ3) is 5.97. The van der Waals surface area contributed by atoms with Gasteiger partial charge in [0.05, 0.1) is 33.1 Å². The largest absolute Gasteiger partial charge is 0.282 e. The molecule has 0 unspecified atom stereocenters. The van der Waals surface area contributed by atoms with Crippen molar-refractivity contribution in [3.05, 3.63) is 82.0 Å². The highest BCUT2D eigenvalue weighted by atomic mass is 79.9. The Labute approximate surface area is 209 Å². The molecule has 4 rings (SSSR count). The fraction of sp³-hybridized carbons (Fsp3) is 0.174. The number of hydrogen-bond acceptors (Lipinski definition) is 6. The fourth-order valence-electron chi connectivity index (χ4n) is 3.23. The normalized spacial score (nSPS) is 11.6. The molecule has 170 valence electrons. The van der Waals surface area contributed by atoms with Gasteiger partial charge >= 0.3 is 0 Å². The van der Waals surface area contributed by atoms with Gasteiger partial charge in [0.1, 0.15) is 0 Å². The van der Waals surface area contributed by atoms with Crippen LogP contribution in [0.2, 0.25) is 5.02 Å². The summed E-state index contributed by atoms with van der Waals surface area (Å²) in [5.41, 5.74) is 1.52. The molecule has 10 heteroatoms. The Hall–Kier alpha value is -2.33. The highest BCUT2D eigenvalue weighted by Crippen LogP contribution is 2.32. The van der Waals surface area contributed by atoms with Crippen LogP contribution in [0.3, 0.4) is 0 Å². The maximum absolute atomic E-state index is 13.2. The number of thiazole rings is 1. The van der Waals surface area contributed by atoms with Crippen LogP contribution in [0, 0.1) is 0 Å². The van der Waals surface area contributed by atoms with Crippen molar-refractivity contribution in [3.8, 4) is 0 Å². The predicted molar refractivity (Wildman–Crippen MR) is 135 cm³/mol. The van der Waals surface area contributed by atoms with Gasteiger partial charge in [-0.1, -0.05) is 44.9 Å². The lowest BCUT2D eigenvalue weighted by Gasteiger charge is -2.19. The number of benzene rings is 2. The average Bonchev–Trinajstić information content (AvgIpc) is 3.21. The number of sulfone groups is 1. The second kappa shape index (κ2) is 10.3. The molecule has 33 heavy (non-hydrogen) atoms. The summed E-state index contributed by atoms with van der Waals surface area (Å²) in [7, 11) is -3.51. The standard InChI is InChI=1S/C23H19BrClN3O3S2/c24-16-6-11-20-21(14-16)32-23(27-20)28(15-18-4-1-2-12-26-18)22(29)5-3-13-33(30,31)19-9-7-17(25)8-10-19/h1-2,4,6-12,14H,3,5,13,15H2. The summed E-state index contributed by atoms with van der Waals surface area (Å²) < 4.78 is 27.1. The molecule has 0 atom stereocenters. The number of anilines is 1. The Morgan fingerprint density at radius 3 is 2.61 bits per heavy atom. The third-order valence-corrected chi connectivity index (χ3v) is 8.50. The van der Waals surface area contributed by atoms with E-state index in [4.69, 9.17) is 11.6 Å². The van der Waals surface area contributed by atoms with E-state index in [0.717, 1.165) is 20.4 Å². The number of rotatable bonds is 8. The summed E-state index contributed by atoms with van der Waals surface area (Å²) in [5.74, 6) is -0.338. The van der Waals surface area contributed by atoms with E-state index in [1.807, 2.05) is 36.4 Å². The molecule has 0 radical (unpaired) electrons. The van der Waals surface area contributed by atoms with Gasteiger partial charge in [-0.25, -0.2) is 13.4 Å². The van der Waals surface area contributed by atoms with E-state index in [9.17, 15) is 13.2 Å². The van der Waals surface area contributed by atoms with Gasteiger partial charge in [-0.2, -0.15) is 0 Å². The van der Waals surface area contributed by atoms with Crippen molar-refractivity contribution in [1.29, 1.82) is 0 Å². The number of carbonyl (C=O) groups is 1. The average molecular weight is 565 g/mol. The molecule has 2 aromatic carbocycles. The van der Waals surface area contributed by atoms with Crippen LogP contribution in [0.15, 0.2) is 76.2 Å².